The Morgan fingerprint density at radius 1 is 1.24 bits per heavy atom. The second-order valence-corrected chi connectivity index (χ2v) is 7.36. The van der Waals surface area contributed by atoms with Gasteiger partial charge in [0.1, 0.15) is 12.2 Å². The summed E-state index contributed by atoms with van der Waals surface area (Å²) in [5, 5.41) is 2.77. The molecule has 1 fully saturated rings. The number of nitrogens with zero attached hydrogens (tertiary/aromatic N) is 1. The summed E-state index contributed by atoms with van der Waals surface area (Å²) in [4.78, 5) is 25.7. The van der Waals surface area contributed by atoms with E-state index >= 15 is 0 Å². The molecule has 2 amide bonds. The predicted octanol–water partition coefficient (Wildman–Crippen LogP) is 2.58. The highest BCUT2D eigenvalue weighted by Gasteiger charge is 2.27. The molecule has 1 aromatic carbocycles. The summed E-state index contributed by atoms with van der Waals surface area (Å²) in [5.41, 5.74) is 0.550. The first-order valence-corrected chi connectivity index (χ1v) is 8.70. The molecule has 0 radical (unpaired) electrons. The first-order chi connectivity index (χ1) is 11.8. The average Bonchev–Trinajstić information content (AvgIpc) is 3.01. The number of likely N-dealkylation sites (tertiary alicyclic amines) is 1. The maximum Gasteiger partial charge on any atom is 0.407 e. The molecule has 2 rings (SSSR count). The number of hydrogen-bond acceptors (Lipinski definition) is 4. The van der Waals surface area contributed by atoms with Crippen molar-refractivity contribution in [2.45, 2.75) is 39.4 Å². The van der Waals surface area contributed by atoms with E-state index in [1.165, 1.54) is 0 Å². The van der Waals surface area contributed by atoms with E-state index in [9.17, 15) is 9.59 Å². The fourth-order valence-corrected chi connectivity index (χ4v) is 2.69. The zero-order valence-corrected chi connectivity index (χ0v) is 15.3. The van der Waals surface area contributed by atoms with E-state index in [0.29, 0.717) is 26.2 Å². The second kappa shape index (κ2) is 8.85. The minimum Gasteiger partial charge on any atom is -0.444 e. The van der Waals surface area contributed by atoms with E-state index in [1.807, 2.05) is 51.1 Å². The molecule has 0 saturated carbocycles. The number of rotatable bonds is 6. The number of carbonyl (C=O) groups is 2. The van der Waals surface area contributed by atoms with Gasteiger partial charge in [0.05, 0.1) is 6.61 Å². The summed E-state index contributed by atoms with van der Waals surface area (Å²) in [6, 6.07) is 9.79. The van der Waals surface area contributed by atoms with Crippen LogP contribution in [0, 0.1) is 5.92 Å². The highest BCUT2D eigenvalue weighted by molar-refractivity contribution is 5.77. The van der Waals surface area contributed by atoms with Crippen LogP contribution in [0.4, 0.5) is 4.79 Å². The standard InChI is InChI=1S/C19H28N2O4/c1-19(2,3)25-18(23)20-11-16-9-10-21(12-16)17(22)14-24-13-15-7-5-4-6-8-15/h4-8,16H,9-14H2,1-3H3,(H,20,23)/t16-/m0/s1. The minimum absolute atomic E-state index is 0.00398. The Morgan fingerprint density at radius 2 is 1.96 bits per heavy atom. The number of hydrogen-bond donors (Lipinski definition) is 1. The molecule has 1 saturated heterocycles. The van der Waals surface area contributed by atoms with Crippen molar-refractivity contribution in [3.63, 3.8) is 0 Å². The highest BCUT2D eigenvalue weighted by atomic mass is 16.6. The zero-order chi connectivity index (χ0) is 18.3. The normalized spacial score (nSPS) is 17.4. The molecule has 0 aromatic heterocycles. The van der Waals surface area contributed by atoms with Crippen LogP contribution >= 0.6 is 0 Å². The van der Waals surface area contributed by atoms with Gasteiger partial charge in [-0.05, 0) is 38.7 Å². The summed E-state index contributed by atoms with van der Waals surface area (Å²) in [6.45, 7) is 7.88. The zero-order valence-electron chi connectivity index (χ0n) is 15.3. The molecule has 1 atom stereocenters. The van der Waals surface area contributed by atoms with Gasteiger partial charge in [-0.25, -0.2) is 4.79 Å². The Bertz CT molecular complexity index is 569. The van der Waals surface area contributed by atoms with Gasteiger partial charge < -0.3 is 19.7 Å². The summed E-state index contributed by atoms with van der Waals surface area (Å²) >= 11 is 0. The Morgan fingerprint density at radius 3 is 2.64 bits per heavy atom. The summed E-state index contributed by atoms with van der Waals surface area (Å²) < 4.78 is 10.7. The van der Waals surface area contributed by atoms with E-state index in [4.69, 9.17) is 9.47 Å². The molecule has 1 aliphatic rings. The summed E-state index contributed by atoms with van der Waals surface area (Å²) in [6.07, 6.45) is 0.462. The van der Waals surface area contributed by atoms with Crippen molar-refractivity contribution in [2.24, 2.45) is 5.92 Å². The van der Waals surface area contributed by atoms with Crippen molar-refractivity contribution in [2.75, 3.05) is 26.2 Å². The van der Waals surface area contributed by atoms with Crippen LogP contribution in [0.1, 0.15) is 32.8 Å². The van der Waals surface area contributed by atoms with Crippen LogP contribution in [0.3, 0.4) is 0 Å². The third-order valence-electron chi connectivity index (χ3n) is 3.91. The molecule has 1 aliphatic heterocycles. The Labute approximate surface area is 149 Å². The predicted molar refractivity (Wildman–Crippen MR) is 95.0 cm³/mol. The molecule has 1 N–H and O–H groups in total. The molecular formula is C19H28N2O4. The Balaban J connectivity index is 1.64. The first-order valence-electron chi connectivity index (χ1n) is 8.70. The van der Waals surface area contributed by atoms with Gasteiger partial charge in [-0.1, -0.05) is 30.3 Å². The number of carbonyl (C=O) groups excluding carboxylic acids is 2. The van der Waals surface area contributed by atoms with Gasteiger partial charge in [-0.2, -0.15) is 0 Å². The molecule has 0 unspecified atom stereocenters. The van der Waals surface area contributed by atoms with Crippen LogP contribution in [0.25, 0.3) is 0 Å². The highest BCUT2D eigenvalue weighted by Crippen LogP contribution is 2.16. The summed E-state index contributed by atoms with van der Waals surface area (Å²) in [7, 11) is 0. The first kappa shape index (κ1) is 19.2. The van der Waals surface area contributed by atoms with Crippen molar-refractivity contribution in [1.29, 1.82) is 0 Å². The number of amides is 2. The van der Waals surface area contributed by atoms with Crippen molar-refractivity contribution in [1.82, 2.24) is 10.2 Å². The van der Waals surface area contributed by atoms with Crippen LogP contribution in [0.2, 0.25) is 0 Å². The molecule has 1 heterocycles. The van der Waals surface area contributed by atoms with E-state index in [1.54, 1.807) is 4.90 Å². The van der Waals surface area contributed by atoms with Crippen molar-refractivity contribution in [3.8, 4) is 0 Å². The summed E-state index contributed by atoms with van der Waals surface area (Å²) in [5.74, 6) is 0.251. The number of benzene rings is 1. The lowest BCUT2D eigenvalue weighted by Crippen LogP contribution is -2.37. The van der Waals surface area contributed by atoms with E-state index in [2.05, 4.69) is 5.32 Å². The SMILES string of the molecule is CC(C)(C)OC(=O)NC[C@@H]1CCN(C(=O)COCc2ccccc2)C1. The topological polar surface area (TPSA) is 67.9 Å². The van der Waals surface area contributed by atoms with Crippen LogP contribution in [-0.2, 0) is 20.9 Å². The monoisotopic (exact) mass is 348 g/mol. The van der Waals surface area contributed by atoms with Crippen LogP contribution in [0.5, 0.6) is 0 Å². The fraction of sp³-hybridized carbons (Fsp3) is 0.579. The van der Waals surface area contributed by atoms with Crippen molar-refractivity contribution < 1.29 is 19.1 Å². The lowest BCUT2D eigenvalue weighted by atomic mass is 10.1. The number of alkyl carbamates (subject to hydrolysis) is 1. The average molecular weight is 348 g/mol. The van der Waals surface area contributed by atoms with E-state index in [-0.39, 0.29) is 18.4 Å². The smallest absolute Gasteiger partial charge is 0.407 e. The molecule has 6 heteroatoms. The lowest BCUT2D eigenvalue weighted by molar-refractivity contribution is -0.135. The van der Waals surface area contributed by atoms with E-state index in [0.717, 1.165) is 12.0 Å². The van der Waals surface area contributed by atoms with E-state index < -0.39 is 11.7 Å². The number of ether oxygens (including phenoxy) is 2. The third-order valence-corrected chi connectivity index (χ3v) is 3.91. The molecule has 25 heavy (non-hydrogen) atoms. The van der Waals surface area contributed by atoms with Gasteiger partial charge in [-0.15, -0.1) is 0 Å². The lowest BCUT2D eigenvalue weighted by Gasteiger charge is -2.21. The van der Waals surface area contributed by atoms with Gasteiger partial charge in [0.2, 0.25) is 5.91 Å². The molecular weight excluding hydrogens is 320 g/mol. The van der Waals surface area contributed by atoms with Crippen molar-refractivity contribution in [3.05, 3.63) is 35.9 Å². The van der Waals surface area contributed by atoms with Gasteiger partial charge in [0, 0.05) is 19.6 Å². The second-order valence-electron chi connectivity index (χ2n) is 7.36. The molecule has 1 aromatic rings. The maximum atomic E-state index is 12.2. The van der Waals surface area contributed by atoms with Crippen LogP contribution in [-0.4, -0.2) is 48.7 Å². The van der Waals surface area contributed by atoms with Gasteiger partial charge >= 0.3 is 6.09 Å². The van der Waals surface area contributed by atoms with Gasteiger partial charge in [-0.3, -0.25) is 4.79 Å². The Kier molecular flexibility index (Phi) is 6.82. The fourth-order valence-electron chi connectivity index (χ4n) is 2.69. The minimum atomic E-state index is -0.502. The van der Waals surface area contributed by atoms with Gasteiger partial charge in [0.15, 0.2) is 0 Å². The molecule has 138 valence electrons. The third kappa shape index (κ3) is 7.13. The van der Waals surface area contributed by atoms with Gasteiger partial charge in [0.25, 0.3) is 0 Å². The van der Waals surface area contributed by atoms with Crippen LogP contribution in [0.15, 0.2) is 30.3 Å². The molecule has 6 nitrogen and oxygen atoms in total. The van der Waals surface area contributed by atoms with Crippen LogP contribution < -0.4 is 5.32 Å². The molecule has 0 bridgehead atoms. The number of nitrogens with one attached hydrogen (secondary N) is 1. The Hall–Kier alpha value is -2.08. The van der Waals surface area contributed by atoms with Crippen molar-refractivity contribution >= 4 is 12.0 Å². The quantitative estimate of drug-likeness (QED) is 0.858. The molecule has 0 aliphatic carbocycles. The molecule has 0 spiro atoms. The largest absolute Gasteiger partial charge is 0.444 e. The maximum absolute atomic E-state index is 12.2.